The minimum Gasteiger partial charge on any atom is -0.999 e. The zero-order valence-electron chi connectivity index (χ0n) is 6.10. The van der Waals surface area contributed by atoms with Crippen LogP contribution in [-0.2, 0) is 26.4 Å². The maximum absolute atomic E-state index is 7.50. The van der Waals surface area contributed by atoms with Gasteiger partial charge < -0.3 is 35.7 Å². The van der Waals surface area contributed by atoms with Crippen LogP contribution in [0.2, 0.25) is 0 Å². The van der Waals surface area contributed by atoms with Gasteiger partial charge in [0, 0.05) is 0 Å². The van der Waals surface area contributed by atoms with Crippen molar-refractivity contribution in [3.8, 4) is 0 Å². The molecule has 0 atom stereocenters. The second-order valence-corrected chi connectivity index (χ2v) is 0.957. The fraction of sp³-hybridized carbons (Fsp3) is 0. The predicted molar refractivity (Wildman–Crippen MR) is 41.2 cm³/mol. The summed E-state index contributed by atoms with van der Waals surface area (Å²) in [7, 11) is 0. The molecule has 0 saturated heterocycles. The van der Waals surface area contributed by atoms with Gasteiger partial charge in [0.25, 0.3) is 0 Å². The van der Waals surface area contributed by atoms with Gasteiger partial charge in [-0.3, -0.25) is 0 Å². The third-order valence-corrected chi connectivity index (χ3v) is 0.351. The van der Waals surface area contributed by atoms with E-state index in [0.29, 0.717) is 0 Å². The average Bonchev–Trinajstić information content (AvgIpc) is 2.69. The molecule has 5 heteroatoms. The van der Waals surface area contributed by atoms with E-state index < -0.39 is 0 Å². The van der Waals surface area contributed by atoms with Crippen molar-refractivity contribution in [1.82, 2.24) is 0 Å². The zero-order chi connectivity index (χ0) is 10.2. The van der Waals surface area contributed by atoms with Crippen LogP contribution in [0, 0.1) is 37.6 Å². The Labute approximate surface area is 92.9 Å². The number of rotatable bonds is 0. The van der Waals surface area contributed by atoms with E-state index in [1.807, 2.05) is 0 Å². The van der Waals surface area contributed by atoms with E-state index in [-0.39, 0.29) is 17.1 Å². The van der Waals surface area contributed by atoms with E-state index in [9.17, 15) is 0 Å². The van der Waals surface area contributed by atoms with Crippen molar-refractivity contribution >= 4 is 17.4 Å². The van der Waals surface area contributed by atoms with Gasteiger partial charge in [-0.1, -0.05) is 12.2 Å². The van der Waals surface area contributed by atoms with E-state index in [1.165, 1.54) is 5.16 Å². The molecule has 1 aromatic carbocycles. The molecule has 0 saturated carbocycles. The van der Waals surface area contributed by atoms with E-state index >= 15 is 0 Å². The number of nitrogens with zero attached hydrogens (tertiary/aromatic N) is 1. The number of thiocarbonyl (C=S) groups is 1. The Morgan fingerprint density at radius 1 is 1.15 bits per heavy atom. The zero-order valence-corrected chi connectivity index (χ0v) is 8.02. The molecule has 13 heavy (non-hydrogen) atoms. The van der Waals surface area contributed by atoms with Crippen LogP contribution in [-0.4, -0.2) is 5.16 Å². The van der Waals surface area contributed by atoms with Gasteiger partial charge in [-0.15, -0.1) is 0 Å². The molecule has 1 aromatic rings. The molecule has 3 nitrogen and oxygen atoms in total. The van der Waals surface area contributed by atoms with Crippen molar-refractivity contribution in [2.45, 2.75) is 0 Å². The molecule has 0 bridgehead atoms. The molecule has 0 aromatic heterocycles. The second-order valence-electron chi connectivity index (χ2n) is 0.774. The Bertz CT molecular complexity index is 189. The smallest absolute Gasteiger partial charge is 0.999 e. The van der Waals surface area contributed by atoms with Gasteiger partial charge in [-0.05, 0) is 0 Å². The molecular weight excluding hydrogens is 230 g/mol. The van der Waals surface area contributed by atoms with Crippen LogP contribution >= 0.6 is 12.2 Å². The molecule has 0 aliphatic rings. The summed E-state index contributed by atoms with van der Waals surface area (Å²) in [4.78, 5) is 0. The van der Waals surface area contributed by atoms with E-state index in [4.69, 9.17) is 14.7 Å². The first-order valence-electron chi connectivity index (χ1n) is 2.16. The van der Waals surface area contributed by atoms with Gasteiger partial charge in [-0.25, -0.2) is 0 Å². The second kappa shape index (κ2) is 43.3. The Balaban J connectivity index is -0.0000000453. The molecule has 0 fully saturated rings. The van der Waals surface area contributed by atoms with Gasteiger partial charge in [-0.2, -0.15) is 5.16 Å². The van der Waals surface area contributed by atoms with Crippen molar-refractivity contribution in [1.29, 1.82) is 0 Å². The molecular formula is C8HFeNO2S. The molecule has 0 amide bonds. The molecule has 0 N–H and O–H groups in total. The summed E-state index contributed by atoms with van der Waals surface area (Å²) in [5.74, 6) is 0. The van der Waals surface area contributed by atoms with Gasteiger partial charge in [0.15, 0.2) is 0 Å². The monoisotopic (exact) mass is 231 g/mol. The maximum Gasteiger partial charge on any atom is 6.00 e. The first-order valence-corrected chi connectivity index (χ1v) is 2.57. The van der Waals surface area contributed by atoms with Gasteiger partial charge >= 0.3 is 39.7 Å². The molecule has 0 aliphatic heterocycles. The molecule has 1 rings (SSSR count). The van der Waals surface area contributed by atoms with Crippen LogP contribution in [0.1, 0.15) is 0 Å². The van der Waals surface area contributed by atoms with Crippen molar-refractivity contribution in [2.75, 3.05) is 0 Å². The third-order valence-electron chi connectivity index (χ3n) is 0.351. The summed E-state index contributed by atoms with van der Waals surface area (Å²) in [6.07, 6.45) is 0. The minimum atomic E-state index is 0. The number of isothiocyanates is 1. The van der Waals surface area contributed by atoms with Crippen LogP contribution in [0.15, 0.2) is 6.07 Å². The SMILES string of the molecule is [C-]#[O+].[C-]#[O+].[Fe+6].[N-]=C=S.[c-]1[c-][c-][cH-][c-]1. The average molecular weight is 231 g/mol. The van der Waals surface area contributed by atoms with Crippen molar-refractivity contribution < 1.29 is 26.4 Å². The number of hydrogen-bond acceptors (Lipinski definition) is 1. The Kier molecular flexibility index (Phi) is 75.8. The van der Waals surface area contributed by atoms with Crippen LogP contribution in [0.4, 0.5) is 0 Å². The molecule has 0 aliphatic carbocycles. The van der Waals surface area contributed by atoms with Gasteiger partial charge in [0.1, 0.15) is 0 Å². The summed E-state index contributed by atoms with van der Waals surface area (Å²) >= 11 is 3.70. The topological polar surface area (TPSA) is 62.1 Å². The minimum absolute atomic E-state index is 0. The van der Waals surface area contributed by atoms with Crippen LogP contribution in [0.25, 0.3) is 5.41 Å². The molecule has 0 heterocycles. The van der Waals surface area contributed by atoms with E-state index in [1.54, 1.807) is 6.07 Å². The molecule has 64 valence electrons. The summed E-state index contributed by atoms with van der Waals surface area (Å²) in [6.45, 7) is 9.00. The third kappa shape index (κ3) is 54.2. The quantitative estimate of drug-likeness (QED) is 0.217. The van der Waals surface area contributed by atoms with Gasteiger partial charge in [0.05, 0.1) is 0 Å². The van der Waals surface area contributed by atoms with Gasteiger partial charge in [0.2, 0.25) is 0 Å². The number of hydrogen-bond donors (Lipinski definition) is 0. The Morgan fingerprint density at radius 2 is 1.38 bits per heavy atom. The normalized spacial score (nSPS) is 4.00. The maximum atomic E-state index is 7.50. The fourth-order valence-corrected chi connectivity index (χ4v) is 0.180. The largest absolute Gasteiger partial charge is 6.00 e. The first-order chi connectivity index (χ1) is 5.91. The Hall–Kier alpha value is -0.851. The summed E-state index contributed by atoms with van der Waals surface area (Å²) in [5.41, 5.74) is 0. The summed E-state index contributed by atoms with van der Waals surface area (Å²) < 4.78 is 15.0. The van der Waals surface area contributed by atoms with Crippen LogP contribution in [0.3, 0.4) is 0 Å². The first kappa shape index (κ1) is 22.7. The van der Waals surface area contributed by atoms with Crippen LogP contribution < -0.4 is 0 Å². The van der Waals surface area contributed by atoms with Crippen LogP contribution in [0.5, 0.6) is 0 Å². The molecule has 0 radical (unpaired) electrons. The van der Waals surface area contributed by atoms with E-state index in [2.05, 4.69) is 49.8 Å². The van der Waals surface area contributed by atoms with Crippen molar-refractivity contribution in [2.24, 2.45) is 0 Å². The molecule has 0 spiro atoms. The standard InChI is InChI=1S/C5H.CNS.2CO.Fe/c1-2-4-5-3-1;2-1-3;2*1-2;/h1H;;;;/q-5;-1;;;+6. The summed E-state index contributed by atoms with van der Waals surface area (Å²) in [5, 5.41) is 8.47. The van der Waals surface area contributed by atoms with Crippen molar-refractivity contribution in [3.05, 3.63) is 49.0 Å². The summed E-state index contributed by atoms with van der Waals surface area (Å²) in [6, 6.07) is 12.0. The van der Waals surface area contributed by atoms with E-state index in [0.717, 1.165) is 0 Å². The Morgan fingerprint density at radius 3 is 1.46 bits per heavy atom. The molecule has 0 unspecified atom stereocenters. The van der Waals surface area contributed by atoms with Crippen molar-refractivity contribution in [3.63, 3.8) is 0 Å². The predicted octanol–water partition coefficient (Wildman–Crippen LogP) is 1.19. The fourth-order valence-electron chi connectivity index (χ4n) is 0.180.